The van der Waals surface area contributed by atoms with Gasteiger partial charge in [0.05, 0.1) is 4.83 Å². The molecule has 4 nitrogen and oxygen atoms in total. The van der Waals surface area contributed by atoms with Crippen LogP contribution in [0.3, 0.4) is 0 Å². The maximum atomic E-state index is 5.52. The molecule has 0 fully saturated rings. The maximum Gasteiger partial charge on any atom is 0.240 e. The molecule has 0 aliphatic heterocycles. The Bertz CT molecular complexity index is 459. The predicted octanol–water partition coefficient (Wildman–Crippen LogP) is 3.49. The lowest BCUT2D eigenvalue weighted by Crippen LogP contribution is -1.97. The number of hydrogen-bond donors (Lipinski definition) is 0. The van der Waals surface area contributed by atoms with Crippen molar-refractivity contribution < 1.29 is 9.26 Å². The molecule has 0 saturated heterocycles. The minimum atomic E-state index is 0.112. The lowest BCUT2D eigenvalue weighted by molar-refractivity contribution is 0.285. The first-order valence-electron chi connectivity index (χ1n) is 5.44. The monoisotopic (exact) mass is 296 g/mol. The van der Waals surface area contributed by atoms with Gasteiger partial charge in [-0.2, -0.15) is 4.98 Å². The minimum Gasteiger partial charge on any atom is -0.485 e. The van der Waals surface area contributed by atoms with Gasteiger partial charge in [-0.15, -0.1) is 0 Å². The van der Waals surface area contributed by atoms with Gasteiger partial charge in [-0.05, 0) is 18.6 Å². The van der Waals surface area contributed by atoms with Crippen LogP contribution in [0.15, 0.2) is 34.9 Å². The van der Waals surface area contributed by atoms with Crippen molar-refractivity contribution in [3.63, 3.8) is 0 Å². The summed E-state index contributed by atoms with van der Waals surface area (Å²) in [6.45, 7) is 2.36. The van der Waals surface area contributed by atoms with E-state index in [1.165, 1.54) is 0 Å². The molecule has 0 saturated carbocycles. The third-order valence-corrected chi connectivity index (χ3v) is 3.26. The number of halogens is 1. The Morgan fingerprint density at radius 2 is 2.12 bits per heavy atom. The first-order chi connectivity index (χ1) is 8.29. The zero-order valence-electron chi connectivity index (χ0n) is 9.47. The van der Waals surface area contributed by atoms with Crippen molar-refractivity contribution in [2.75, 3.05) is 0 Å². The van der Waals surface area contributed by atoms with Crippen LogP contribution in [0.2, 0.25) is 0 Å². The fraction of sp³-hybridized carbons (Fsp3) is 0.333. The number of nitrogens with zero attached hydrogens (tertiary/aromatic N) is 2. The second-order valence-corrected chi connectivity index (χ2v) is 4.63. The highest BCUT2D eigenvalue weighted by atomic mass is 79.9. The molecular weight excluding hydrogens is 284 g/mol. The van der Waals surface area contributed by atoms with Crippen LogP contribution < -0.4 is 4.74 Å². The molecule has 1 atom stereocenters. The van der Waals surface area contributed by atoms with E-state index in [1.54, 1.807) is 0 Å². The third-order valence-electron chi connectivity index (χ3n) is 2.22. The summed E-state index contributed by atoms with van der Waals surface area (Å²) >= 11 is 3.46. The summed E-state index contributed by atoms with van der Waals surface area (Å²) in [6, 6.07) is 9.56. The Morgan fingerprint density at radius 1 is 1.35 bits per heavy atom. The van der Waals surface area contributed by atoms with Gasteiger partial charge in [-0.1, -0.05) is 46.2 Å². The van der Waals surface area contributed by atoms with Crippen LogP contribution in [0.1, 0.15) is 29.9 Å². The summed E-state index contributed by atoms with van der Waals surface area (Å²) < 4.78 is 10.6. The molecule has 5 heteroatoms. The van der Waals surface area contributed by atoms with Crippen LogP contribution in [-0.4, -0.2) is 10.1 Å². The molecule has 0 N–H and O–H groups in total. The molecule has 2 aromatic rings. The van der Waals surface area contributed by atoms with E-state index < -0.39 is 0 Å². The molecule has 17 heavy (non-hydrogen) atoms. The van der Waals surface area contributed by atoms with Crippen LogP contribution >= 0.6 is 15.9 Å². The van der Waals surface area contributed by atoms with Crippen molar-refractivity contribution in [2.24, 2.45) is 0 Å². The SMILES string of the molecule is CCC(Br)c1nc(COc2ccccc2)no1. The molecule has 90 valence electrons. The quantitative estimate of drug-likeness (QED) is 0.793. The number of alkyl halides is 1. The highest BCUT2D eigenvalue weighted by Crippen LogP contribution is 2.24. The summed E-state index contributed by atoms with van der Waals surface area (Å²) in [6.07, 6.45) is 0.904. The van der Waals surface area contributed by atoms with Crippen LogP contribution in [0.25, 0.3) is 0 Å². The molecule has 0 aliphatic rings. The minimum absolute atomic E-state index is 0.112. The van der Waals surface area contributed by atoms with Gasteiger partial charge in [0.1, 0.15) is 5.75 Å². The van der Waals surface area contributed by atoms with Gasteiger partial charge in [-0.3, -0.25) is 0 Å². The van der Waals surface area contributed by atoms with E-state index in [2.05, 4.69) is 26.1 Å². The average molecular weight is 297 g/mol. The van der Waals surface area contributed by atoms with Gasteiger partial charge in [0.15, 0.2) is 6.61 Å². The summed E-state index contributed by atoms with van der Waals surface area (Å²) in [7, 11) is 0. The largest absolute Gasteiger partial charge is 0.485 e. The van der Waals surface area contributed by atoms with Gasteiger partial charge in [0, 0.05) is 0 Å². The Labute approximate surface area is 108 Å². The van der Waals surface area contributed by atoms with Crippen molar-refractivity contribution >= 4 is 15.9 Å². The van der Waals surface area contributed by atoms with E-state index in [4.69, 9.17) is 9.26 Å². The van der Waals surface area contributed by atoms with Crippen molar-refractivity contribution in [1.29, 1.82) is 0 Å². The number of hydrogen-bond acceptors (Lipinski definition) is 4. The Morgan fingerprint density at radius 3 is 2.82 bits per heavy atom. The Hall–Kier alpha value is -1.36. The number of ether oxygens (including phenoxy) is 1. The lowest BCUT2D eigenvalue weighted by Gasteiger charge is -2.01. The van der Waals surface area contributed by atoms with E-state index in [-0.39, 0.29) is 4.83 Å². The van der Waals surface area contributed by atoms with E-state index in [0.29, 0.717) is 18.3 Å². The highest BCUT2D eigenvalue weighted by molar-refractivity contribution is 9.09. The lowest BCUT2D eigenvalue weighted by atomic mass is 10.3. The molecule has 1 heterocycles. The molecule has 1 aromatic carbocycles. The number of para-hydroxylation sites is 1. The van der Waals surface area contributed by atoms with Gasteiger partial charge >= 0.3 is 0 Å². The summed E-state index contributed by atoms with van der Waals surface area (Å²) in [5, 5.41) is 3.86. The maximum absolute atomic E-state index is 5.52. The summed E-state index contributed by atoms with van der Waals surface area (Å²) in [4.78, 5) is 4.36. The van der Waals surface area contributed by atoms with E-state index >= 15 is 0 Å². The van der Waals surface area contributed by atoms with Crippen molar-refractivity contribution in [3.8, 4) is 5.75 Å². The number of aromatic nitrogens is 2. The number of rotatable bonds is 5. The number of benzene rings is 1. The normalized spacial score (nSPS) is 12.4. The molecular formula is C12H13BrN2O2. The first kappa shape index (κ1) is 12.1. The van der Waals surface area contributed by atoms with Crippen LogP contribution in [0, 0.1) is 0 Å². The molecule has 0 amide bonds. The van der Waals surface area contributed by atoms with Gasteiger partial charge in [0.2, 0.25) is 11.7 Å². The second kappa shape index (κ2) is 5.82. The predicted molar refractivity (Wildman–Crippen MR) is 67.0 cm³/mol. The second-order valence-electron chi connectivity index (χ2n) is 3.53. The Kier molecular flexibility index (Phi) is 4.14. The zero-order valence-corrected chi connectivity index (χ0v) is 11.1. The topological polar surface area (TPSA) is 48.2 Å². The van der Waals surface area contributed by atoms with E-state index in [1.807, 2.05) is 37.3 Å². The molecule has 1 unspecified atom stereocenters. The van der Waals surface area contributed by atoms with Gasteiger partial charge in [-0.25, -0.2) is 0 Å². The average Bonchev–Trinajstić information content (AvgIpc) is 2.85. The van der Waals surface area contributed by atoms with Crippen molar-refractivity contribution in [1.82, 2.24) is 10.1 Å². The molecule has 0 spiro atoms. The molecule has 1 aromatic heterocycles. The summed E-state index contributed by atoms with van der Waals surface area (Å²) in [5.74, 6) is 1.95. The van der Waals surface area contributed by atoms with Crippen molar-refractivity contribution in [3.05, 3.63) is 42.0 Å². The fourth-order valence-corrected chi connectivity index (χ4v) is 1.48. The molecule has 0 bridgehead atoms. The molecule has 0 radical (unpaired) electrons. The van der Waals surface area contributed by atoms with Gasteiger partial charge in [0.25, 0.3) is 0 Å². The molecule has 0 aliphatic carbocycles. The van der Waals surface area contributed by atoms with Crippen molar-refractivity contribution in [2.45, 2.75) is 24.8 Å². The fourth-order valence-electron chi connectivity index (χ4n) is 1.29. The third kappa shape index (κ3) is 3.30. The highest BCUT2D eigenvalue weighted by Gasteiger charge is 2.13. The summed E-state index contributed by atoms with van der Waals surface area (Å²) in [5.41, 5.74) is 0. The van der Waals surface area contributed by atoms with Gasteiger partial charge < -0.3 is 9.26 Å². The van der Waals surface area contributed by atoms with Crippen LogP contribution in [0.5, 0.6) is 5.75 Å². The van der Waals surface area contributed by atoms with E-state index in [0.717, 1.165) is 12.2 Å². The van der Waals surface area contributed by atoms with Crippen LogP contribution in [0.4, 0.5) is 0 Å². The Balaban J connectivity index is 1.94. The smallest absolute Gasteiger partial charge is 0.240 e. The standard InChI is InChI=1S/C12H13BrN2O2/c1-2-10(13)12-14-11(15-17-12)8-16-9-6-4-3-5-7-9/h3-7,10H,2,8H2,1H3. The first-order valence-corrected chi connectivity index (χ1v) is 6.35. The van der Waals surface area contributed by atoms with E-state index in [9.17, 15) is 0 Å². The molecule has 2 rings (SSSR count). The zero-order chi connectivity index (χ0) is 12.1. The van der Waals surface area contributed by atoms with Crippen LogP contribution in [-0.2, 0) is 6.61 Å².